The van der Waals surface area contributed by atoms with E-state index in [0.29, 0.717) is 5.95 Å². The Hall–Kier alpha value is -3.28. The zero-order chi connectivity index (χ0) is 19.7. The fraction of sp³-hybridized carbons (Fsp3) is 0.273. The summed E-state index contributed by atoms with van der Waals surface area (Å²) in [5, 5.41) is 3.25. The lowest BCUT2D eigenvalue weighted by atomic mass is 10.0. The summed E-state index contributed by atoms with van der Waals surface area (Å²) in [4.78, 5) is 20.1. The van der Waals surface area contributed by atoms with Gasteiger partial charge in [0.25, 0.3) is 0 Å². The van der Waals surface area contributed by atoms with Crippen molar-refractivity contribution in [2.45, 2.75) is 33.7 Å². The minimum absolute atomic E-state index is 0.530. The highest BCUT2D eigenvalue weighted by Gasteiger charge is 2.21. The van der Waals surface area contributed by atoms with Crippen molar-refractivity contribution >= 4 is 23.0 Å². The van der Waals surface area contributed by atoms with Crippen LogP contribution in [0.25, 0.3) is 5.57 Å². The Morgan fingerprint density at radius 1 is 1.07 bits per heavy atom. The van der Waals surface area contributed by atoms with Crippen molar-refractivity contribution in [2.24, 2.45) is 0 Å². The second kappa shape index (κ2) is 7.38. The number of nitrogens with one attached hydrogen (secondary N) is 1. The van der Waals surface area contributed by atoms with Crippen LogP contribution < -0.4 is 10.2 Å². The quantitative estimate of drug-likeness (QED) is 0.739. The molecular weight excluding hydrogens is 348 g/mol. The van der Waals surface area contributed by atoms with Crippen LogP contribution >= 0.6 is 0 Å². The van der Waals surface area contributed by atoms with Gasteiger partial charge in [0.2, 0.25) is 5.95 Å². The van der Waals surface area contributed by atoms with Crippen LogP contribution in [0.5, 0.6) is 0 Å². The molecule has 28 heavy (non-hydrogen) atoms. The third kappa shape index (κ3) is 3.58. The molecule has 1 aliphatic heterocycles. The highest BCUT2D eigenvalue weighted by molar-refractivity contribution is 5.61. The predicted molar refractivity (Wildman–Crippen MR) is 113 cm³/mol. The summed E-state index contributed by atoms with van der Waals surface area (Å²) in [5.74, 6) is 1.32. The third-order valence-electron chi connectivity index (χ3n) is 5.24. The molecule has 1 N–H and O–H groups in total. The second-order valence-corrected chi connectivity index (χ2v) is 7.29. The van der Waals surface area contributed by atoms with Gasteiger partial charge in [-0.1, -0.05) is 12.6 Å². The van der Waals surface area contributed by atoms with Crippen LogP contribution in [0.15, 0.2) is 43.5 Å². The zero-order valence-corrected chi connectivity index (χ0v) is 16.5. The van der Waals surface area contributed by atoms with Crippen molar-refractivity contribution in [3.63, 3.8) is 0 Å². The highest BCUT2D eigenvalue weighted by atomic mass is 15.2. The summed E-state index contributed by atoms with van der Waals surface area (Å²) in [6.45, 7) is 11.8. The van der Waals surface area contributed by atoms with Gasteiger partial charge in [-0.2, -0.15) is 0 Å². The lowest BCUT2D eigenvalue weighted by molar-refractivity contribution is 0.705. The molecule has 4 rings (SSSR count). The van der Waals surface area contributed by atoms with Gasteiger partial charge < -0.3 is 10.2 Å². The molecule has 0 aliphatic carbocycles. The number of allylic oxidation sites excluding steroid dienone is 1. The van der Waals surface area contributed by atoms with Crippen LogP contribution in [-0.4, -0.2) is 26.5 Å². The first kappa shape index (κ1) is 18.1. The molecule has 3 heterocycles. The molecular formula is C22H24N6. The van der Waals surface area contributed by atoms with Gasteiger partial charge in [-0.3, -0.25) is 0 Å². The molecule has 0 spiro atoms. The fourth-order valence-corrected chi connectivity index (χ4v) is 3.32. The van der Waals surface area contributed by atoms with Crippen LogP contribution in [0.4, 0.5) is 17.5 Å². The topological polar surface area (TPSA) is 66.8 Å². The molecule has 3 aromatic rings. The molecule has 2 aromatic heterocycles. The van der Waals surface area contributed by atoms with Crippen molar-refractivity contribution in [1.29, 1.82) is 0 Å². The number of hydrogen-bond acceptors (Lipinski definition) is 6. The Bertz CT molecular complexity index is 1030. The number of anilines is 3. The van der Waals surface area contributed by atoms with Gasteiger partial charge in [0, 0.05) is 35.8 Å². The first-order chi connectivity index (χ1) is 13.5. The van der Waals surface area contributed by atoms with Gasteiger partial charge in [-0.25, -0.2) is 19.9 Å². The molecule has 1 aliphatic rings. The zero-order valence-electron chi connectivity index (χ0n) is 16.5. The maximum Gasteiger partial charge on any atom is 0.228 e. The fourth-order valence-electron chi connectivity index (χ4n) is 3.32. The first-order valence-electron chi connectivity index (χ1n) is 9.41. The molecule has 0 saturated heterocycles. The standard InChI is InChI=1S/C22H24N6/c1-14(2)17-10-23-22(24-11-17)27-21-19-7-8-28(12-20(19)25-13-26-21)18-6-5-15(3)16(4)9-18/h5-6,9-11,13H,1,7-8,12H2,2-4H3,(H,23,24,25,26,27). The van der Waals surface area contributed by atoms with Gasteiger partial charge in [0.1, 0.15) is 12.1 Å². The van der Waals surface area contributed by atoms with Gasteiger partial charge in [0.05, 0.1) is 12.2 Å². The predicted octanol–water partition coefficient (Wildman–Crippen LogP) is 4.22. The molecule has 0 fully saturated rings. The lowest BCUT2D eigenvalue weighted by Crippen LogP contribution is -2.31. The van der Waals surface area contributed by atoms with Gasteiger partial charge in [0.15, 0.2) is 0 Å². The van der Waals surface area contributed by atoms with Crippen molar-refractivity contribution in [3.05, 3.63) is 71.4 Å². The molecule has 6 heteroatoms. The molecule has 6 nitrogen and oxygen atoms in total. The van der Waals surface area contributed by atoms with Crippen LogP contribution in [0.2, 0.25) is 0 Å². The molecule has 142 valence electrons. The Labute approximate surface area is 165 Å². The van der Waals surface area contributed by atoms with E-state index in [1.165, 1.54) is 16.8 Å². The minimum atomic E-state index is 0.530. The number of rotatable bonds is 4. The van der Waals surface area contributed by atoms with E-state index in [0.717, 1.165) is 47.7 Å². The van der Waals surface area contributed by atoms with Gasteiger partial charge in [-0.05, 0) is 56.0 Å². The van der Waals surface area contributed by atoms with Crippen molar-refractivity contribution in [3.8, 4) is 0 Å². The Kier molecular flexibility index (Phi) is 4.77. The third-order valence-corrected chi connectivity index (χ3v) is 5.24. The molecule has 0 atom stereocenters. The van der Waals surface area contributed by atoms with E-state index in [4.69, 9.17) is 0 Å². The Morgan fingerprint density at radius 3 is 2.57 bits per heavy atom. The van der Waals surface area contributed by atoms with Crippen LogP contribution in [0, 0.1) is 13.8 Å². The molecule has 0 unspecified atom stereocenters. The number of aromatic nitrogens is 4. The normalized spacial score (nSPS) is 13.2. The monoisotopic (exact) mass is 372 g/mol. The first-order valence-corrected chi connectivity index (χ1v) is 9.41. The minimum Gasteiger partial charge on any atom is -0.365 e. The van der Waals surface area contributed by atoms with Crippen molar-refractivity contribution in [2.75, 3.05) is 16.8 Å². The summed E-state index contributed by atoms with van der Waals surface area (Å²) in [5.41, 5.74) is 7.91. The van der Waals surface area contributed by atoms with E-state index in [1.54, 1.807) is 18.7 Å². The smallest absolute Gasteiger partial charge is 0.228 e. The maximum atomic E-state index is 4.53. The summed E-state index contributed by atoms with van der Waals surface area (Å²) < 4.78 is 0. The summed E-state index contributed by atoms with van der Waals surface area (Å²) in [6.07, 6.45) is 6.02. The molecule has 1 aromatic carbocycles. The van der Waals surface area contributed by atoms with Crippen LogP contribution in [0.3, 0.4) is 0 Å². The number of benzene rings is 1. The molecule has 0 saturated carbocycles. The number of fused-ring (bicyclic) bond motifs is 1. The summed E-state index contributed by atoms with van der Waals surface area (Å²) in [6, 6.07) is 6.61. The SMILES string of the molecule is C=C(C)c1cnc(Nc2ncnc3c2CCN(c2ccc(C)c(C)c2)C3)nc1. The summed E-state index contributed by atoms with van der Waals surface area (Å²) in [7, 11) is 0. The number of nitrogens with zero attached hydrogens (tertiary/aromatic N) is 5. The van der Waals surface area contributed by atoms with Crippen molar-refractivity contribution < 1.29 is 0 Å². The Morgan fingerprint density at radius 2 is 1.86 bits per heavy atom. The maximum absolute atomic E-state index is 4.53. The molecule has 0 bridgehead atoms. The Balaban J connectivity index is 1.56. The second-order valence-electron chi connectivity index (χ2n) is 7.29. The van der Waals surface area contributed by atoms with Crippen molar-refractivity contribution in [1.82, 2.24) is 19.9 Å². The molecule has 0 amide bonds. The highest BCUT2D eigenvalue weighted by Crippen LogP contribution is 2.28. The van der Waals surface area contributed by atoms with Gasteiger partial charge in [-0.15, -0.1) is 0 Å². The average molecular weight is 372 g/mol. The van der Waals surface area contributed by atoms with E-state index >= 15 is 0 Å². The average Bonchev–Trinajstić information content (AvgIpc) is 2.70. The van der Waals surface area contributed by atoms with Crippen LogP contribution in [0.1, 0.15) is 34.9 Å². The lowest BCUT2D eigenvalue weighted by Gasteiger charge is -2.31. The number of aryl methyl sites for hydroxylation is 2. The van der Waals surface area contributed by atoms with Gasteiger partial charge >= 0.3 is 0 Å². The van der Waals surface area contributed by atoms with E-state index in [2.05, 4.69) is 68.8 Å². The largest absolute Gasteiger partial charge is 0.365 e. The summed E-state index contributed by atoms with van der Waals surface area (Å²) >= 11 is 0. The molecule has 0 radical (unpaired) electrons. The van der Waals surface area contributed by atoms with Crippen LogP contribution in [-0.2, 0) is 13.0 Å². The van der Waals surface area contributed by atoms with E-state index in [-0.39, 0.29) is 0 Å². The van der Waals surface area contributed by atoms with E-state index < -0.39 is 0 Å². The number of hydrogen-bond donors (Lipinski definition) is 1. The van der Waals surface area contributed by atoms with E-state index in [9.17, 15) is 0 Å². The van der Waals surface area contributed by atoms with E-state index in [1.807, 2.05) is 6.92 Å².